The zero-order valence-electron chi connectivity index (χ0n) is 13.9. The summed E-state index contributed by atoms with van der Waals surface area (Å²) in [5.41, 5.74) is 0.260. The van der Waals surface area contributed by atoms with Crippen LogP contribution >= 0.6 is 0 Å². The van der Waals surface area contributed by atoms with Gasteiger partial charge in [-0.05, 0) is 12.1 Å². The fourth-order valence-corrected chi connectivity index (χ4v) is 3.20. The topological polar surface area (TPSA) is 88.8 Å². The predicted molar refractivity (Wildman–Crippen MR) is 86.4 cm³/mol. The van der Waals surface area contributed by atoms with E-state index in [0.717, 1.165) is 0 Å². The Hall–Kier alpha value is -2.97. The number of carbonyl (C=O) groups excluding carboxylic acids is 2. The average Bonchev–Trinajstić information content (AvgIpc) is 3.27. The molecule has 0 spiro atoms. The van der Waals surface area contributed by atoms with E-state index in [1.165, 1.54) is 6.07 Å². The maximum atomic E-state index is 13.8. The number of hydrogen-bond acceptors (Lipinski definition) is 6. The molecule has 2 aromatic rings. The van der Waals surface area contributed by atoms with Crippen LogP contribution in [0.4, 0.5) is 9.18 Å². The number of cyclic esters (lactones) is 1. The molecule has 3 heterocycles. The number of amides is 2. The largest absolute Gasteiger partial charge is 0.447 e. The lowest BCUT2D eigenvalue weighted by Crippen LogP contribution is -2.53. The number of aryl methyl sites for hydroxylation is 1. The first-order chi connectivity index (χ1) is 12.6. The van der Waals surface area contributed by atoms with Gasteiger partial charge in [-0.3, -0.25) is 9.69 Å². The van der Waals surface area contributed by atoms with Gasteiger partial charge in [0.25, 0.3) is 0 Å². The molecule has 4 rings (SSSR count). The summed E-state index contributed by atoms with van der Waals surface area (Å²) in [6, 6.07) is 6.10. The van der Waals surface area contributed by atoms with E-state index in [4.69, 9.17) is 9.26 Å². The van der Waals surface area contributed by atoms with Crippen molar-refractivity contribution in [3.63, 3.8) is 0 Å². The zero-order valence-corrected chi connectivity index (χ0v) is 13.9. The van der Waals surface area contributed by atoms with Gasteiger partial charge in [0.2, 0.25) is 17.6 Å². The molecule has 2 aliphatic heterocycles. The van der Waals surface area contributed by atoms with E-state index in [-0.39, 0.29) is 48.2 Å². The van der Waals surface area contributed by atoms with Gasteiger partial charge in [-0.2, -0.15) is 4.98 Å². The summed E-state index contributed by atoms with van der Waals surface area (Å²) < 4.78 is 23.9. The highest BCUT2D eigenvalue weighted by atomic mass is 19.1. The Morgan fingerprint density at radius 1 is 1.31 bits per heavy atom. The molecule has 1 atom stereocenters. The third-order valence-corrected chi connectivity index (χ3v) is 4.60. The first-order valence-electron chi connectivity index (χ1n) is 8.40. The maximum absolute atomic E-state index is 13.8. The van der Waals surface area contributed by atoms with E-state index in [2.05, 4.69) is 10.1 Å². The van der Waals surface area contributed by atoms with Crippen LogP contribution in [0.25, 0.3) is 11.4 Å². The van der Waals surface area contributed by atoms with Gasteiger partial charge < -0.3 is 14.2 Å². The number of aromatic nitrogens is 2. The second-order valence-corrected chi connectivity index (χ2v) is 6.26. The molecule has 0 aliphatic carbocycles. The van der Waals surface area contributed by atoms with Crippen LogP contribution in [0, 0.1) is 5.82 Å². The predicted octanol–water partition coefficient (Wildman–Crippen LogP) is 1.47. The number of halogens is 1. The van der Waals surface area contributed by atoms with Crippen molar-refractivity contribution in [2.24, 2.45) is 0 Å². The average molecular weight is 360 g/mol. The van der Waals surface area contributed by atoms with Gasteiger partial charge in [-0.1, -0.05) is 17.3 Å². The van der Waals surface area contributed by atoms with Crippen LogP contribution < -0.4 is 0 Å². The van der Waals surface area contributed by atoms with Crippen LogP contribution in [-0.4, -0.2) is 64.2 Å². The van der Waals surface area contributed by atoms with E-state index >= 15 is 0 Å². The van der Waals surface area contributed by atoms with E-state index in [0.29, 0.717) is 26.2 Å². The zero-order chi connectivity index (χ0) is 18.1. The summed E-state index contributed by atoms with van der Waals surface area (Å²) >= 11 is 0. The standard InChI is InChI=1S/C17H17FN4O4/c18-13-4-2-1-3-12(13)16-19-14(26-20-16)5-6-15(23)21-7-8-22-11(9-21)10-25-17(22)24/h1-4,11H,5-10H2/t11-/m0/s1. The second-order valence-electron chi connectivity index (χ2n) is 6.26. The van der Waals surface area contributed by atoms with Gasteiger partial charge in [0, 0.05) is 32.5 Å². The number of benzene rings is 1. The molecular formula is C17H17FN4O4. The van der Waals surface area contributed by atoms with Gasteiger partial charge >= 0.3 is 6.09 Å². The normalized spacial score (nSPS) is 19.4. The van der Waals surface area contributed by atoms with Crippen LogP contribution in [0.15, 0.2) is 28.8 Å². The monoisotopic (exact) mass is 360 g/mol. The Labute approximate surface area is 148 Å². The molecule has 26 heavy (non-hydrogen) atoms. The molecule has 2 fully saturated rings. The number of piperazine rings is 1. The smallest absolute Gasteiger partial charge is 0.410 e. The van der Waals surface area contributed by atoms with Gasteiger partial charge in [-0.25, -0.2) is 9.18 Å². The van der Waals surface area contributed by atoms with Crippen molar-refractivity contribution in [3.8, 4) is 11.4 Å². The minimum atomic E-state index is -0.429. The fraction of sp³-hybridized carbons (Fsp3) is 0.412. The summed E-state index contributed by atoms with van der Waals surface area (Å²) in [6.07, 6.45) is 0.176. The van der Waals surface area contributed by atoms with Crippen molar-refractivity contribution in [1.29, 1.82) is 0 Å². The van der Waals surface area contributed by atoms with Crippen molar-refractivity contribution in [2.75, 3.05) is 26.2 Å². The number of ether oxygens (including phenoxy) is 1. The lowest BCUT2D eigenvalue weighted by molar-refractivity contribution is -0.133. The van der Waals surface area contributed by atoms with Crippen LogP contribution in [-0.2, 0) is 16.0 Å². The highest BCUT2D eigenvalue weighted by Crippen LogP contribution is 2.21. The van der Waals surface area contributed by atoms with Crippen LogP contribution in [0.5, 0.6) is 0 Å². The molecule has 1 aromatic heterocycles. The molecule has 1 aromatic carbocycles. The molecule has 0 N–H and O–H groups in total. The van der Waals surface area contributed by atoms with Crippen LogP contribution in [0.1, 0.15) is 12.3 Å². The third kappa shape index (κ3) is 3.12. The summed E-state index contributed by atoms with van der Waals surface area (Å²) in [5, 5.41) is 3.78. The molecule has 0 saturated carbocycles. The van der Waals surface area contributed by atoms with E-state index in [1.54, 1.807) is 28.0 Å². The van der Waals surface area contributed by atoms with Gasteiger partial charge in [0.15, 0.2) is 0 Å². The number of carbonyl (C=O) groups is 2. The minimum absolute atomic E-state index is 0.0466. The van der Waals surface area contributed by atoms with Crippen molar-refractivity contribution in [2.45, 2.75) is 18.9 Å². The van der Waals surface area contributed by atoms with Gasteiger partial charge in [0.1, 0.15) is 12.4 Å². The van der Waals surface area contributed by atoms with Crippen molar-refractivity contribution >= 4 is 12.0 Å². The summed E-state index contributed by atoms with van der Waals surface area (Å²) in [6.45, 7) is 1.75. The highest BCUT2D eigenvalue weighted by Gasteiger charge is 2.38. The Kier molecular flexibility index (Phi) is 4.27. The lowest BCUT2D eigenvalue weighted by atomic mass is 10.1. The molecule has 2 aliphatic rings. The van der Waals surface area contributed by atoms with Crippen molar-refractivity contribution < 1.29 is 23.2 Å². The molecule has 0 bridgehead atoms. The molecule has 2 saturated heterocycles. The molecule has 136 valence electrons. The van der Waals surface area contributed by atoms with E-state index in [9.17, 15) is 14.0 Å². The number of fused-ring (bicyclic) bond motifs is 1. The summed E-state index contributed by atoms with van der Waals surface area (Å²) in [5.74, 6) is -0.0211. The van der Waals surface area contributed by atoms with Gasteiger partial charge in [0.05, 0.1) is 11.6 Å². The van der Waals surface area contributed by atoms with Crippen molar-refractivity contribution in [1.82, 2.24) is 19.9 Å². The Morgan fingerprint density at radius 3 is 3.00 bits per heavy atom. The molecular weight excluding hydrogens is 343 g/mol. The van der Waals surface area contributed by atoms with Crippen LogP contribution in [0.2, 0.25) is 0 Å². The van der Waals surface area contributed by atoms with Gasteiger partial charge in [-0.15, -0.1) is 0 Å². The fourth-order valence-electron chi connectivity index (χ4n) is 3.20. The Morgan fingerprint density at radius 2 is 2.15 bits per heavy atom. The molecule has 0 unspecified atom stereocenters. The second kappa shape index (κ2) is 6.74. The molecule has 0 radical (unpaired) electrons. The number of rotatable bonds is 4. The SMILES string of the molecule is O=C(CCc1nc(-c2ccccc2F)no1)N1CCN2C(=O)OC[C@@H]2C1. The quantitative estimate of drug-likeness (QED) is 0.820. The molecule has 2 amide bonds. The summed E-state index contributed by atoms with van der Waals surface area (Å²) in [7, 11) is 0. The van der Waals surface area contributed by atoms with Crippen molar-refractivity contribution in [3.05, 3.63) is 36.0 Å². The molecule has 9 heteroatoms. The first-order valence-corrected chi connectivity index (χ1v) is 8.40. The number of hydrogen-bond donors (Lipinski definition) is 0. The Balaban J connectivity index is 1.34. The maximum Gasteiger partial charge on any atom is 0.410 e. The van der Waals surface area contributed by atoms with E-state index < -0.39 is 5.82 Å². The lowest BCUT2D eigenvalue weighted by Gasteiger charge is -2.35. The van der Waals surface area contributed by atoms with Crippen LogP contribution in [0.3, 0.4) is 0 Å². The molecule has 8 nitrogen and oxygen atoms in total. The summed E-state index contributed by atoms with van der Waals surface area (Å²) in [4.78, 5) is 31.4. The third-order valence-electron chi connectivity index (χ3n) is 4.60. The number of nitrogens with zero attached hydrogens (tertiary/aromatic N) is 4. The minimum Gasteiger partial charge on any atom is -0.447 e. The highest BCUT2D eigenvalue weighted by molar-refractivity contribution is 5.77. The first kappa shape index (κ1) is 16.5. The Bertz CT molecular complexity index is 840. The van der Waals surface area contributed by atoms with E-state index in [1.807, 2.05) is 0 Å².